The SMILES string of the molecule is Cc1ccc([N+](=O)[O-])cc1[N+]#N.O=[N+]([O-])[O-]. The zero-order valence-electron chi connectivity index (χ0n) is 8.06. The Kier molecular flexibility index (Phi) is 4.85. The molecule has 0 aromatic heterocycles. The molecule has 0 aliphatic carbocycles. The number of non-ortho nitro benzene ring substituents is 1. The van der Waals surface area contributed by atoms with Gasteiger partial charge in [-0.2, -0.15) is 0 Å². The van der Waals surface area contributed by atoms with Crippen LogP contribution in [0.2, 0.25) is 0 Å². The number of hydrogen-bond acceptors (Lipinski definition) is 6. The highest BCUT2D eigenvalue weighted by molar-refractivity contribution is 5.56. The summed E-state index contributed by atoms with van der Waals surface area (Å²) >= 11 is 0. The number of aryl methyl sites for hydroxylation is 1. The fourth-order valence-electron chi connectivity index (χ4n) is 0.819. The summed E-state index contributed by atoms with van der Waals surface area (Å²) in [5.41, 5.74) is 0.848. The molecule has 0 aliphatic heterocycles. The highest BCUT2D eigenvalue weighted by atomic mass is 16.9. The number of benzene rings is 1. The summed E-state index contributed by atoms with van der Waals surface area (Å²) in [4.78, 5) is 20.9. The molecule has 0 saturated heterocycles. The summed E-state index contributed by atoms with van der Waals surface area (Å²) in [6.45, 7) is 1.71. The molecule has 0 aliphatic rings. The molecule has 16 heavy (non-hydrogen) atoms. The van der Waals surface area contributed by atoms with Crippen LogP contribution in [0.4, 0.5) is 11.4 Å². The summed E-state index contributed by atoms with van der Waals surface area (Å²) < 4.78 is 0. The van der Waals surface area contributed by atoms with Gasteiger partial charge in [0.15, 0.2) is 4.98 Å². The van der Waals surface area contributed by atoms with Gasteiger partial charge in [0.25, 0.3) is 5.69 Å². The van der Waals surface area contributed by atoms with Crippen molar-refractivity contribution in [2.45, 2.75) is 6.92 Å². The molecule has 0 heterocycles. The molecule has 0 unspecified atom stereocenters. The van der Waals surface area contributed by atoms with Crippen molar-refractivity contribution in [1.29, 1.82) is 5.39 Å². The van der Waals surface area contributed by atoms with Crippen LogP contribution in [0.3, 0.4) is 0 Å². The van der Waals surface area contributed by atoms with E-state index in [0.29, 0.717) is 5.56 Å². The third-order valence-corrected chi connectivity index (χ3v) is 1.51. The lowest BCUT2D eigenvalue weighted by Gasteiger charge is -1.88. The van der Waals surface area contributed by atoms with Gasteiger partial charge in [-0.15, -0.1) is 0 Å². The van der Waals surface area contributed by atoms with Gasteiger partial charge in [-0.3, -0.25) is 10.1 Å². The monoisotopic (exact) mass is 226 g/mol. The Labute approximate surface area is 88.8 Å². The topological polar surface area (TPSA) is 137 Å². The highest BCUT2D eigenvalue weighted by Gasteiger charge is 2.15. The van der Waals surface area contributed by atoms with Gasteiger partial charge in [0, 0.05) is 11.6 Å². The fourth-order valence-corrected chi connectivity index (χ4v) is 0.819. The molecule has 0 radical (unpaired) electrons. The Morgan fingerprint density at radius 3 is 2.12 bits per heavy atom. The van der Waals surface area contributed by atoms with Crippen LogP contribution in [0.15, 0.2) is 18.2 Å². The third kappa shape index (κ3) is 4.47. The zero-order valence-corrected chi connectivity index (χ0v) is 8.06. The minimum absolute atomic E-state index is 0.0756. The van der Waals surface area contributed by atoms with Crippen molar-refractivity contribution in [2.24, 2.45) is 0 Å². The Balaban J connectivity index is 0.000000487. The van der Waals surface area contributed by atoms with E-state index >= 15 is 0 Å². The molecule has 0 atom stereocenters. The van der Waals surface area contributed by atoms with E-state index in [1.165, 1.54) is 18.2 Å². The number of nitrogens with zero attached hydrogens (tertiary/aromatic N) is 4. The zero-order chi connectivity index (χ0) is 12.7. The van der Waals surface area contributed by atoms with Gasteiger partial charge in [0.05, 0.1) is 10.0 Å². The Morgan fingerprint density at radius 1 is 1.25 bits per heavy atom. The van der Waals surface area contributed by atoms with E-state index in [1.807, 2.05) is 0 Å². The van der Waals surface area contributed by atoms with Crippen molar-refractivity contribution in [3.63, 3.8) is 0 Å². The van der Waals surface area contributed by atoms with Crippen molar-refractivity contribution in [1.82, 2.24) is 0 Å². The molecular formula is C7H6N4O5. The van der Waals surface area contributed by atoms with Crippen LogP contribution in [-0.2, 0) is 0 Å². The molecule has 0 bridgehead atoms. The molecule has 1 aromatic carbocycles. The summed E-state index contributed by atoms with van der Waals surface area (Å²) in [7, 11) is 0. The van der Waals surface area contributed by atoms with E-state index in [0.717, 1.165) is 0 Å². The third-order valence-electron chi connectivity index (χ3n) is 1.51. The van der Waals surface area contributed by atoms with E-state index in [4.69, 9.17) is 20.7 Å². The van der Waals surface area contributed by atoms with E-state index < -0.39 is 10.0 Å². The van der Waals surface area contributed by atoms with Crippen molar-refractivity contribution in [2.75, 3.05) is 0 Å². The number of nitro groups is 1. The summed E-state index contributed by atoms with van der Waals surface area (Å²) in [5.74, 6) is 0. The predicted octanol–water partition coefficient (Wildman–Crippen LogP) is 2.15. The minimum Gasteiger partial charge on any atom is -0.356 e. The molecular weight excluding hydrogens is 220 g/mol. The van der Waals surface area contributed by atoms with Crippen molar-refractivity contribution < 1.29 is 10.0 Å². The van der Waals surface area contributed by atoms with Crippen LogP contribution in [-0.4, -0.2) is 10.0 Å². The molecule has 1 rings (SSSR count). The second-order valence-corrected chi connectivity index (χ2v) is 2.55. The molecule has 0 saturated carbocycles. The molecule has 0 spiro atoms. The normalized spacial score (nSPS) is 8.25. The maximum atomic E-state index is 10.3. The quantitative estimate of drug-likeness (QED) is 0.408. The van der Waals surface area contributed by atoms with E-state index in [-0.39, 0.29) is 11.4 Å². The van der Waals surface area contributed by atoms with Gasteiger partial charge < -0.3 is 15.3 Å². The van der Waals surface area contributed by atoms with Crippen molar-refractivity contribution in [3.8, 4) is 0 Å². The van der Waals surface area contributed by atoms with E-state index in [9.17, 15) is 10.1 Å². The molecule has 84 valence electrons. The van der Waals surface area contributed by atoms with Gasteiger partial charge in [-0.1, -0.05) is 0 Å². The second kappa shape index (κ2) is 5.86. The Bertz CT molecular complexity index is 449. The van der Waals surface area contributed by atoms with Gasteiger partial charge in [0.2, 0.25) is 5.39 Å². The van der Waals surface area contributed by atoms with Gasteiger partial charge in [0.1, 0.15) is 6.07 Å². The summed E-state index contributed by atoms with van der Waals surface area (Å²) in [6.07, 6.45) is 0. The smallest absolute Gasteiger partial charge is 0.356 e. The molecule has 0 N–H and O–H groups in total. The molecule has 9 nitrogen and oxygen atoms in total. The average Bonchev–Trinajstić information content (AvgIpc) is 2.17. The maximum absolute atomic E-state index is 10.3. The van der Waals surface area contributed by atoms with Crippen LogP contribution in [0, 0.1) is 37.8 Å². The predicted molar refractivity (Wildman–Crippen MR) is 52.9 cm³/mol. The first-order valence-electron chi connectivity index (χ1n) is 3.80. The van der Waals surface area contributed by atoms with E-state index in [2.05, 4.69) is 4.98 Å². The lowest BCUT2D eigenvalue weighted by Crippen LogP contribution is -1.87. The number of hydrogen-bond donors (Lipinski definition) is 0. The van der Waals surface area contributed by atoms with Crippen LogP contribution in [0.25, 0.3) is 4.98 Å². The van der Waals surface area contributed by atoms with Crippen LogP contribution in [0.1, 0.15) is 5.56 Å². The largest absolute Gasteiger partial charge is 0.394 e. The lowest BCUT2D eigenvalue weighted by molar-refractivity contribution is -0.402. The fraction of sp³-hybridized carbons (Fsp3) is 0.143. The first-order valence-corrected chi connectivity index (χ1v) is 3.80. The van der Waals surface area contributed by atoms with Crippen LogP contribution >= 0.6 is 0 Å². The minimum atomic E-state index is -1.75. The number of nitro benzene ring substituents is 1. The Hall–Kier alpha value is -2.76. The van der Waals surface area contributed by atoms with E-state index in [1.54, 1.807) is 6.92 Å². The standard InChI is InChI=1S/C7H6N3O2.NO3/c1-5-2-3-6(10(11)12)4-7(5)9-8;2-1(3)4/h2-4H,1H3;/q+1;-1. The van der Waals surface area contributed by atoms with Gasteiger partial charge in [-0.05, 0) is 13.0 Å². The first-order chi connectivity index (χ1) is 7.38. The molecule has 0 amide bonds. The maximum Gasteiger partial charge on any atom is 0.394 e. The van der Waals surface area contributed by atoms with Gasteiger partial charge >= 0.3 is 5.69 Å². The van der Waals surface area contributed by atoms with Crippen molar-refractivity contribution in [3.05, 3.63) is 54.2 Å². The Morgan fingerprint density at radius 2 is 1.75 bits per heavy atom. The number of rotatable bonds is 1. The summed E-state index contributed by atoms with van der Waals surface area (Å²) in [5, 5.41) is 33.4. The molecule has 1 aromatic rings. The molecule has 9 heteroatoms. The van der Waals surface area contributed by atoms with Crippen molar-refractivity contribution >= 4 is 11.4 Å². The summed E-state index contributed by atoms with van der Waals surface area (Å²) in [6, 6.07) is 4.12. The first kappa shape index (κ1) is 13.2. The lowest BCUT2D eigenvalue weighted by atomic mass is 10.2. The van der Waals surface area contributed by atoms with Crippen LogP contribution in [0.5, 0.6) is 0 Å². The number of diazo groups is 1. The second-order valence-electron chi connectivity index (χ2n) is 2.55. The highest BCUT2D eigenvalue weighted by Crippen LogP contribution is 2.23. The molecule has 0 fully saturated rings. The van der Waals surface area contributed by atoms with Crippen LogP contribution < -0.4 is 0 Å². The van der Waals surface area contributed by atoms with Gasteiger partial charge in [-0.25, -0.2) is 0 Å². The average molecular weight is 226 g/mol.